The lowest BCUT2D eigenvalue weighted by atomic mass is 9.62. The Bertz CT molecular complexity index is 7420. The maximum absolute atomic E-state index is 6.92. The second-order valence-corrected chi connectivity index (χ2v) is 34.6. The number of benzene rings is 19. The second-order valence-electron chi connectivity index (χ2n) is 34.6. The fourth-order valence-electron chi connectivity index (χ4n) is 21.5. The fourth-order valence-corrected chi connectivity index (χ4v) is 21.5. The lowest BCUT2D eigenvalue weighted by Crippen LogP contribution is -2.38. The first-order valence-electron chi connectivity index (χ1n) is 43.5. The summed E-state index contributed by atoms with van der Waals surface area (Å²) in [6.07, 6.45) is 0. The molecule has 4 aliphatic rings. The van der Waals surface area contributed by atoms with Gasteiger partial charge in [0.25, 0.3) is 0 Å². The van der Waals surface area contributed by atoms with E-state index in [2.05, 4.69) is 508 Å². The maximum Gasteiger partial charge on any atom is 0.140 e. The van der Waals surface area contributed by atoms with Crippen molar-refractivity contribution in [2.24, 2.45) is 0 Å². The molecule has 24 rings (SSSR count). The van der Waals surface area contributed by atoms with Crippen molar-refractivity contribution in [1.29, 1.82) is 0 Å². The molecule has 3 heterocycles. The van der Waals surface area contributed by atoms with Gasteiger partial charge in [-0.05, 0) is 233 Å². The Hall–Kier alpha value is -15.6. The Labute approximate surface area is 730 Å². The first kappa shape index (κ1) is 74.5. The van der Waals surface area contributed by atoms with E-state index in [-0.39, 0.29) is 10.8 Å². The van der Waals surface area contributed by atoms with Crippen molar-refractivity contribution in [3.63, 3.8) is 0 Å². The monoisotopic (exact) mass is 1600 g/mol. The van der Waals surface area contributed by atoms with Gasteiger partial charge in [0, 0.05) is 72.7 Å². The third-order valence-corrected chi connectivity index (χ3v) is 27.2. The predicted octanol–water partition coefficient (Wildman–Crippen LogP) is 32.0. The zero-order valence-electron chi connectivity index (χ0n) is 70.1. The highest BCUT2D eigenvalue weighted by Crippen LogP contribution is 2.63. The van der Waals surface area contributed by atoms with Crippen LogP contribution in [-0.4, -0.2) is 0 Å². The van der Waals surface area contributed by atoms with Gasteiger partial charge in [0.05, 0.1) is 33.6 Å². The molecule has 5 nitrogen and oxygen atoms in total. The maximum atomic E-state index is 6.92. The smallest absolute Gasteiger partial charge is 0.140 e. The summed E-state index contributed by atoms with van der Waals surface area (Å²) in [5, 5.41) is 4.65. The molecular weight excluding hydrogens is 1510 g/mol. The van der Waals surface area contributed by atoms with Crippen LogP contribution in [0, 0.1) is 0 Å². The van der Waals surface area contributed by atoms with Crippen molar-refractivity contribution in [3.8, 4) is 33.4 Å². The fraction of sp³-hybridized carbons (Fsp3) is 0.0667. The van der Waals surface area contributed by atoms with Crippen molar-refractivity contribution in [2.75, 3.05) is 19.6 Å². The summed E-state index contributed by atoms with van der Waals surface area (Å²) >= 11 is 0. The molecule has 0 fully saturated rings. The van der Waals surface area contributed by atoms with Crippen LogP contribution in [0.3, 0.4) is 0 Å². The molecule has 2 aliphatic carbocycles. The molecule has 2 aliphatic heterocycles. The van der Waals surface area contributed by atoms with Gasteiger partial charge in [0.15, 0.2) is 0 Å². The summed E-state index contributed by atoms with van der Waals surface area (Å²) in [7, 11) is 0. The minimum atomic E-state index is -0.723. The summed E-state index contributed by atoms with van der Waals surface area (Å²) < 4.78 is 6.92. The third kappa shape index (κ3) is 11.7. The summed E-state index contributed by atoms with van der Waals surface area (Å²) in [6, 6.07) is 169. The molecule has 0 saturated carbocycles. The minimum absolute atomic E-state index is 0.125. The highest BCUT2D eigenvalue weighted by molar-refractivity contribution is 6.08. The standard InChI is InChI=1S/C67H52N2.C53H36N2O/c1-65(2)57-25-13-11-23-53(57)55-41-33-48(43-61(55)65)67(47-21-9-6-10-22-47)59-27-15-17-29-63(59)69(64-30-18-16-28-60(64)67)51-38-36-50(37-39-51)68(49-34-31-46(32-35-49)45-19-7-5-8-20-45)52-40-42-56-54-24-12-14-26-58(54)66(3,4)62(56)44-52;1-3-19-40(20-4-1)54(41-21-5-2-6-22-41)42-23-15-24-43(36-42)55-49-30-12-10-27-46(49)53(47-28-11-13-31-50(47)55,39-34-33-37-17-7-8-18-38(37)35-39)48-29-16-26-45-44-25-9-14-32-51(44)56-52(45)48/h5-44H,1-4H3;1-36H. The quantitative estimate of drug-likeness (QED) is 0.115. The molecule has 0 atom stereocenters. The first-order chi connectivity index (χ1) is 61.5. The number of hydrogen-bond donors (Lipinski definition) is 0. The van der Waals surface area contributed by atoms with Crippen LogP contribution in [0.25, 0.3) is 66.1 Å². The molecule has 19 aromatic carbocycles. The molecule has 594 valence electrons. The van der Waals surface area contributed by atoms with Gasteiger partial charge < -0.3 is 24.0 Å². The number of fused-ring (bicyclic) bond motifs is 14. The first-order valence-corrected chi connectivity index (χ1v) is 43.5. The van der Waals surface area contributed by atoms with Crippen LogP contribution in [0.2, 0.25) is 0 Å². The van der Waals surface area contributed by atoms with Crippen LogP contribution in [0.1, 0.15) is 94.5 Å². The van der Waals surface area contributed by atoms with E-state index >= 15 is 0 Å². The van der Waals surface area contributed by atoms with Crippen LogP contribution in [-0.2, 0) is 21.7 Å². The summed E-state index contributed by atoms with van der Waals surface area (Å²) in [5.41, 5.74) is 36.6. The molecule has 0 amide bonds. The highest BCUT2D eigenvalue weighted by Gasteiger charge is 2.51. The van der Waals surface area contributed by atoms with E-state index in [0.29, 0.717) is 0 Å². The summed E-state index contributed by atoms with van der Waals surface area (Å²) in [4.78, 5) is 9.67. The molecule has 0 bridgehead atoms. The van der Waals surface area contributed by atoms with Crippen LogP contribution in [0.15, 0.2) is 465 Å². The lowest BCUT2D eigenvalue weighted by molar-refractivity contribution is 0.643. The number of nitrogens with zero attached hydrogens (tertiary/aromatic N) is 4. The van der Waals surface area contributed by atoms with E-state index in [9.17, 15) is 0 Å². The number of furan rings is 1. The average molecular weight is 1600 g/mol. The SMILES string of the molecule is CC1(C)c2ccccc2-c2ccc(N(c3ccc(-c4ccccc4)cc3)c3ccc(N4c5ccccc5C(c5ccccc5)(c5ccc6c(c5)C(C)(C)c5ccccc5-6)c5ccccc54)cc3)cc21.c1ccc(N(c2ccccc2)c2cccc(N3c4ccccc4C(c4ccc5ccccc5c4)(c4cccc5c4oc4ccccc45)c4ccccc43)c2)cc1. The van der Waals surface area contributed by atoms with E-state index in [1.807, 2.05) is 0 Å². The van der Waals surface area contributed by atoms with Crippen LogP contribution >= 0.6 is 0 Å². The van der Waals surface area contributed by atoms with E-state index in [1.54, 1.807) is 0 Å². The number of rotatable bonds is 13. The van der Waals surface area contributed by atoms with E-state index in [0.717, 1.165) is 84.4 Å². The normalized spacial score (nSPS) is 14.1. The molecule has 1 aromatic heterocycles. The Morgan fingerprint density at radius 1 is 0.216 bits per heavy atom. The summed E-state index contributed by atoms with van der Waals surface area (Å²) in [5.74, 6) is 0. The van der Waals surface area contributed by atoms with Crippen molar-refractivity contribution in [1.82, 2.24) is 0 Å². The van der Waals surface area contributed by atoms with Crippen LogP contribution < -0.4 is 19.6 Å². The zero-order chi connectivity index (χ0) is 83.5. The van der Waals surface area contributed by atoms with Gasteiger partial charge in [-0.1, -0.05) is 361 Å². The van der Waals surface area contributed by atoms with Gasteiger partial charge in [0.1, 0.15) is 11.2 Å². The largest absolute Gasteiger partial charge is 0.456 e. The minimum Gasteiger partial charge on any atom is -0.456 e. The molecule has 0 saturated heterocycles. The van der Waals surface area contributed by atoms with Gasteiger partial charge in [-0.15, -0.1) is 0 Å². The van der Waals surface area contributed by atoms with Gasteiger partial charge in [-0.2, -0.15) is 0 Å². The Morgan fingerprint density at radius 2 is 0.600 bits per heavy atom. The van der Waals surface area contributed by atoms with Gasteiger partial charge in [0.2, 0.25) is 0 Å². The molecular formula is C120H88N4O. The van der Waals surface area contributed by atoms with E-state index in [4.69, 9.17) is 4.42 Å². The van der Waals surface area contributed by atoms with Crippen molar-refractivity contribution >= 4 is 101 Å². The average Bonchev–Trinajstić information content (AvgIpc) is 1.54. The molecule has 5 heteroatoms. The topological polar surface area (TPSA) is 26.1 Å². The Balaban J connectivity index is 0.000000147. The lowest BCUT2D eigenvalue weighted by Gasteiger charge is -2.46. The molecule has 20 aromatic rings. The van der Waals surface area contributed by atoms with Gasteiger partial charge in [-0.25, -0.2) is 0 Å². The van der Waals surface area contributed by atoms with E-state index in [1.165, 1.54) is 117 Å². The van der Waals surface area contributed by atoms with Crippen molar-refractivity contribution in [3.05, 3.63) is 528 Å². The molecule has 0 spiro atoms. The van der Waals surface area contributed by atoms with Crippen LogP contribution in [0.5, 0.6) is 0 Å². The number of anilines is 12. The second kappa shape index (κ2) is 29.7. The Morgan fingerprint density at radius 3 is 1.19 bits per heavy atom. The molecule has 125 heavy (non-hydrogen) atoms. The predicted molar refractivity (Wildman–Crippen MR) is 521 cm³/mol. The van der Waals surface area contributed by atoms with Crippen molar-refractivity contribution in [2.45, 2.75) is 49.4 Å². The number of hydrogen-bond acceptors (Lipinski definition) is 5. The molecule has 0 unspecified atom stereocenters. The Kier molecular flexibility index (Phi) is 17.7. The highest BCUT2D eigenvalue weighted by atomic mass is 16.3. The van der Waals surface area contributed by atoms with Crippen molar-refractivity contribution < 1.29 is 4.42 Å². The molecule has 0 radical (unpaired) electrons. The number of para-hydroxylation sites is 8. The van der Waals surface area contributed by atoms with Gasteiger partial charge >= 0.3 is 0 Å². The zero-order valence-corrected chi connectivity index (χ0v) is 70.1. The molecule has 0 N–H and O–H groups in total. The van der Waals surface area contributed by atoms with Gasteiger partial charge in [-0.3, -0.25) is 0 Å². The van der Waals surface area contributed by atoms with E-state index < -0.39 is 10.8 Å². The third-order valence-electron chi connectivity index (χ3n) is 27.2. The van der Waals surface area contributed by atoms with Crippen LogP contribution in [0.4, 0.5) is 68.2 Å². The summed E-state index contributed by atoms with van der Waals surface area (Å²) in [6.45, 7) is 9.49.